The van der Waals surface area contributed by atoms with Crippen molar-refractivity contribution in [2.75, 3.05) is 16.8 Å². The molecule has 0 aliphatic carbocycles. The minimum absolute atomic E-state index is 0.103. The highest BCUT2D eigenvalue weighted by Gasteiger charge is 2.35. The van der Waals surface area contributed by atoms with E-state index in [0.717, 1.165) is 0 Å². The van der Waals surface area contributed by atoms with E-state index in [-0.39, 0.29) is 30.3 Å². The van der Waals surface area contributed by atoms with Gasteiger partial charge < -0.3 is 16.0 Å². The van der Waals surface area contributed by atoms with Crippen LogP contribution in [-0.2, 0) is 9.59 Å². The van der Waals surface area contributed by atoms with Gasteiger partial charge in [0.05, 0.1) is 17.2 Å². The number of nitrogens with one attached hydrogen (secondary N) is 1. The van der Waals surface area contributed by atoms with E-state index in [1.807, 2.05) is 0 Å². The summed E-state index contributed by atoms with van der Waals surface area (Å²) in [4.78, 5) is 38.1. The van der Waals surface area contributed by atoms with Gasteiger partial charge in [0, 0.05) is 23.7 Å². The van der Waals surface area contributed by atoms with Crippen molar-refractivity contribution in [3.05, 3.63) is 58.6 Å². The van der Waals surface area contributed by atoms with E-state index >= 15 is 0 Å². The first kappa shape index (κ1) is 17.9. The molecular weight excluding hydrogens is 354 g/mol. The molecule has 26 heavy (non-hydrogen) atoms. The maximum absolute atomic E-state index is 12.6. The van der Waals surface area contributed by atoms with Crippen LogP contribution in [0, 0.1) is 12.8 Å². The predicted octanol–water partition coefficient (Wildman–Crippen LogP) is 2.74. The molecule has 1 saturated heterocycles. The molecule has 3 amide bonds. The molecule has 2 aromatic rings. The van der Waals surface area contributed by atoms with E-state index in [0.29, 0.717) is 22.0 Å². The average Bonchev–Trinajstić information content (AvgIpc) is 2.97. The first-order valence-corrected chi connectivity index (χ1v) is 8.51. The molecule has 1 heterocycles. The van der Waals surface area contributed by atoms with Crippen LogP contribution in [0.15, 0.2) is 42.5 Å². The molecule has 1 fully saturated rings. The summed E-state index contributed by atoms with van der Waals surface area (Å²) < 4.78 is 0. The third-order valence-electron chi connectivity index (χ3n) is 4.41. The van der Waals surface area contributed by atoms with Gasteiger partial charge in [0.2, 0.25) is 11.8 Å². The summed E-state index contributed by atoms with van der Waals surface area (Å²) in [5, 5.41) is 3.31. The van der Waals surface area contributed by atoms with Crippen molar-refractivity contribution in [1.82, 2.24) is 0 Å². The van der Waals surface area contributed by atoms with Gasteiger partial charge in [-0.2, -0.15) is 0 Å². The Balaban J connectivity index is 1.76. The zero-order valence-corrected chi connectivity index (χ0v) is 14.9. The SMILES string of the molecule is Cc1cccc(NC(=O)C2CC(=O)N(c3ccc(Cl)cc3)C2)c1C(N)=O. The van der Waals surface area contributed by atoms with Crippen molar-refractivity contribution in [3.63, 3.8) is 0 Å². The van der Waals surface area contributed by atoms with E-state index in [2.05, 4.69) is 5.32 Å². The van der Waals surface area contributed by atoms with E-state index in [1.165, 1.54) is 0 Å². The topological polar surface area (TPSA) is 92.5 Å². The second-order valence-electron chi connectivity index (χ2n) is 6.23. The molecule has 3 N–H and O–H groups in total. The normalized spacial score (nSPS) is 16.6. The Morgan fingerprint density at radius 2 is 1.88 bits per heavy atom. The highest BCUT2D eigenvalue weighted by atomic mass is 35.5. The zero-order chi connectivity index (χ0) is 18.8. The minimum atomic E-state index is -0.608. The Kier molecular flexibility index (Phi) is 4.95. The van der Waals surface area contributed by atoms with E-state index in [9.17, 15) is 14.4 Å². The standard InChI is InChI=1S/C19H18ClN3O3/c1-11-3-2-4-15(17(11)18(21)25)22-19(26)12-9-16(24)23(10-12)14-7-5-13(20)6-8-14/h2-8,12H,9-10H2,1H3,(H2,21,25)(H,22,26). The van der Waals surface area contributed by atoms with Gasteiger partial charge in [0.1, 0.15) is 0 Å². The van der Waals surface area contributed by atoms with Gasteiger partial charge in [-0.3, -0.25) is 14.4 Å². The fourth-order valence-corrected chi connectivity index (χ4v) is 3.21. The molecule has 2 aromatic carbocycles. The van der Waals surface area contributed by atoms with Crippen molar-refractivity contribution in [2.45, 2.75) is 13.3 Å². The number of halogens is 1. The Morgan fingerprint density at radius 1 is 1.19 bits per heavy atom. The number of carbonyl (C=O) groups is 3. The first-order chi connectivity index (χ1) is 12.4. The van der Waals surface area contributed by atoms with Gasteiger partial charge in [-0.05, 0) is 42.8 Å². The molecule has 0 spiro atoms. The van der Waals surface area contributed by atoms with Gasteiger partial charge in [0.15, 0.2) is 0 Å². The van der Waals surface area contributed by atoms with Crippen molar-refractivity contribution >= 4 is 40.7 Å². The molecule has 7 heteroatoms. The summed E-state index contributed by atoms with van der Waals surface area (Å²) in [6.45, 7) is 2.02. The summed E-state index contributed by atoms with van der Waals surface area (Å²) >= 11 is 5.87. The maximum Gasteiger partial charge on any atom is 0.251 e. The van der Waals surface area contributed by atoms with Crippen molar-refractivity contribution in [3.8, 4) is 0 Å². The van der Waals surface area contributed by atoms with E-state index in [1.54, 1.807) is 54.3 Å². The van der Waals surface area contributed by atoms with Gasteiger partial charge in [0.25, 0.3) is 5.91 Å². The number of anilines is 2. The second kappa shape index (κ2) is 7.17. The Hall–Kier alpha value is -2.86. The summed E-state index contributed by atoms with van der Waals surface area (Å²) in [5.74, 6) is -1.57. The molecule has 1 atom stereocenters. The smallest absolute Gasteiger partial charge is 0.251 e. The molecule has 6 nitrogen and oxygen atoms in total. The molecule has 0 aromatic heterocycles. The molecule has 1 aliphatic heterocycles. The number of benzene rings is 2. The molecule has 3 rings (SSSR count). The number of rotatable bonds is 4. The van der Waals surface area contributed by atoms with E-state index < -0.39 is 11.8 Å². The first-order valence-electron chi connectivity index (χ1n) is 8.13. The van der Waals surface area contributed by atoms with E-state index in [4.69, 9.17) is 17.3 Å². The lowest BCUT2D eigenvalue weighted by Gasteiger charge is -2.17. The third-order valence-corrected chi connectivity index (χ3v) is 4.66. The number of hydrogen-bond acceptors (Lipinski definition) is 3. The molecular formula is C19H18ClN3O3. The van der Waals surface area contributed by atoms with Crippen molar-refractivity contribution in [1.29, 1.82) is 0 Å². The third kappa shape index (κ3) is 3.55. The number of nitrogens with zero attached hydrogens (tertiary/aromatic N) is 1. The van der Waals surface area contributed by atoms with Gasteiger partial charge in [-0.25, -0.2) is 0 Å². The lowest BCUT2D eigenvalue weighted by atomic mass is 10.0. The van der Waals surface area contributed by atoms with Crippen LogP contribution in [-0.4, -0.2) is 24.3 Å². The minimum Gasteiger partial charge on any atom is -0.366 e. The number of primary amides is 1. The predicted molar refractivity (Wildman–Crippen MR) is 100 cm³/mol. The highest BCUT2D eigenvalue weighted by Crippen LogP contribution is 2.28. The lowest BCUT2D eigenvalue weighted by Crippen LogP contribution is -2.29. The average molecular weight is 372 g/mol. The van der Waals surface area contributed by atoms with Gasteiger partial charge >= 0.3 is 0 Å². The summed E-state index contributed by atoms with van der Waals surface area (Å²) in [6.07, 6.45) is 0.103. The molecule has 0 saturated carbocycles. The maximum atomic E-state index is 12.6. The Labute approximate surface area is 155 Å². The van der Waals surface area contributed by atoms with Crippen LogP contribution in [0.1, 0.15) is 22.3 Å². The lowest BCUT2D eigenvalue weighted by molar-refractivity contribution is -0.122. The van der Waals surface area contributed by atoms with Crippen LogP contribution < -0.4 is 16.0 Å². The van der Waals surface area contributed by atoms with Crippen molar-refractivity contribution < 1.29 is 14.4 Å². The fraction of sp³-hybridized carbons (Fsp3) is 0.211. The molecule has 0 bridgehead atoms. The molecule has 1 unspecified atom stereocenters. The Bertz CT molecular complexity index is 880. The van der Waals surface area contributed by atoms with Gasteiger partial charge in [-0.1, -0.05) is 23.7 Å². The number of carbonyl (C=O) groups excluding carboxylic acids is 3. The highest BCUT2D eigenvalue weighted by molar-refractivity contribution is 6.30. The largest absolute Gasteiger partial charge is 0.366 e. The van der Waals surface area contributed by atoms with Crippen LogP contribution in [0.4, 0.5) is 11.4 Å². The summed E-state index contributed by atoms with van der Waals surface area (Å²) in [7, 11) is 0. The number of hydrogen-bond donors (Lipinski definition) is 2. The fourth-order valence-electron chi connectivity index (χ4n) is 3.09. The number of aryl methyl sites for hydroxylation is 1. The monoisotopic (exact) mass is 371 g/mol. The second-order valence-corrected chi connectivity index (χ2v) is 6.67. The summed E-state index contributed by atoms with van der Waals surface area (Å²) in [5.41, 5.74) is 7.43. The van der Waals surface area contributed by atoms with Crippen LogP contribution in [0.2, 0.25) is 5.02 Å². The van der Waals surface area contributed by atoms with Crippen molar-refractivity contribution in [2.24, 2.45) is 11.7 Å². The number of amides is 3. The molecule has 1 aliphatic rings. The Morgan fingerprint density at radius 3 is 2.54 bits per heavy atom. The van der Waals surface area contributed by atoms with Crippen LogP contribution in [0.25, 0.3) is 0 Å². The van der Waals surface area contributed by atoms with Crippen LogP contribution >= 0.6 is 11.6 Å². The quantitative estimate of drug-likeness (QED) is 0.865. The summed E-state index contributed by atoms with van der Waals surface area (Å²) in [6, 6.07) is 12.0. The van der Waals surface area contributed by atoms with Gasteiger partial charge in [-0.15, -0.1) is 0 Å². The van der Waals surface area contributed by atoms with Crippen LogP contribution in [0.5, 0.6) is 0 Å². The zero-order valence-electron chi connectivity index (χ0n) is 14.2. The molecule has 134 valence electrons. The molecule has 0 radical (unpaired) electrons. The number of nitrogens with two attached hydrogens (primary N) is 1. The van der Waals surface area contributed by atoms with Crippen LogP contribution in [0.3, 0.4) is 0 Å².